The van der Waals surface area contributed by atoms with Gasteiger partial charge in [-0.1, -0.05) is 6.07 Å². The van der Waals surface area contributed by atoms with Crippen LogP contribution in [-0.2, 0) is 6.54 Å². The zero-order valence-electron chi connectivity index (χ0n) is 12.5. The number of hydrogen-bond donors (Lipinski definition) is 0. The molecule has 1 aromatic heterocycles. The van der Waals surface area contributed by atoms with Crippen molar-refractivity contribution in [2.24, 2.45) is 0 Å². The number of hydrogen-bond acceptors (Lipinski definition) is 5. The lowest BCUT2D eigenvalue weighted by Crippen LogP contribution is -2.15. The quantitative estimate of drug-likeness (QED) is 0.689. The minimum Gasteiger partial charge on any atom is -0.756 e. The molecular formula is C18H11N2O4-. The van der Waals surface area contributed by atoms with Crippen LogP contribution in [0.2, 0.25) is 0 Å². The van der Waals surface area contributed by atoms with Crippen LogP contribution in [0.5, 0.6) is 11.5 Å². The molecule has 3 heterocycles. The van der Waals surface area contributed by atoms with Gasteiger partial charge in [0.1, 0.15) is 0 Å². The van der Waals surface area contributed by atoms with Gasteiger partial charge in [0.15, 0.2) is 11.5 Å². The number of ether oxygens (including phenoxy) is 2. The highest BCUT2D eigenvalue weighted by Crippen LogP contribution is 2.47. The molecule has 118 valence electrons. The van der Waals surface area contributed by atoms with Gasteiger partial charge in [0, 0.05) is 29.9 Å². The van der Waals surface area contributed by atoms with Crippen LogP contribution in [0.4, 0.5) is 0 Å². The molecule has 3 aromatic rings. The zero-order valence-corrected chi connectivity index (χ0v) is 12.5. The molecule has 0 bridgehead atoms. The van der Waals surface area contributed by atoms with Crippen LogP contribution < -0.4 is 9.47 Å². The van der Waals surface area contributed by atoms with Gasteiger partial charge in [-0.25, -0.2) is 0 Å². The molecule has 2 aliphatic rings. The van der Waals surface area contributed by atoms with Crippen molar-refractivity contribution in [1.29, 1.82) is 0 Å². The summed E-state index contributed by atoms with van der Waals surface area (Å²) < 4.78 is 11.2. The summed E-state index contributed by atoms with van der Waals surface area (Å²) in [6, 6.07) is 9.19. The molecule has 2 aromatic carbocycles. The van der Waals surface area contributed by atoms with Gasteiger partial charge < -0.3 is 19.7 Å². The third-order valence-corrected chi connectivity index (χ3v) is 4.48. The molecule has 0 atom stereocenters. The second kappa shape index (κ2) is 4.69. The first-order valence-corrected chi connectivity index (χ1v) is 7.51. The number of rotatable bonds is 1. The molecule has 0 N–H and O–H groups in total. The molecule has 0 spiro atoms. The molecule has 0 saturated carbocycles. The molecule has 1 amide bonds. The Hall–Kier alpha value is -3.12. The summed E-state index contributed by atoms with van der Waals surface area (Å²) in [6.07, 6.45) is 3.37. The predicted molar refractivity (Wildman–Crippen MR) is 86.5 cm³/mol. The molecule has 0 aliphatic carbocycles. The van der Waals surface area contributed by atoms with Crippen LogP contribution in [0, 0.1) is 5.21 Å². The number of amides is 1. The van der Waals surface area contributed by atoms with Gasteiger partial charge in [-0.05, 0) is 46.3 Å². The third kappa shape index (κ3) is 1.68. The normalized spacial score (nSPS) is 15.2. The fourth-order valence-electron chi connectivity index (χ4n) is 3.44. The number of carbonyl (C=O) groups is 1. The largest absolute Gasteiger partial charge is 0.756 e. The van der Waals surface area contributed by atoms with Crippen molar-refractivity contribution in [1.82, 2.24) is 10.0 Å². The van der Waals surface area contributed by atoms with Crippen molar-refractivity contribution in [2.45, 2.75) is 6.54 Å². The predicted octanol–water partition coefficient (Wildman–Crippen LogP) is 3.08. The summed E-state index contributed by atoms with van der Waals surface area (Å²) in [4.78, 5) is 16.3. The number of fused-ring (bicyclic) bond motifs is 4. The summed E-state index contributed by atoms with van der Waals surface area (Å²) in [5.74, 6) is 0.819. The average Bonchev–Trinajstić information content (AvgIpc) is 3.19. The average molecular weight is 319 g/mol. The smallest absolute Gasteiger partial charge is 0.243 e. The number of carbonyl (C=O) groups excluding carboxylic acids is 1. The molecule has 0 unspecified atom stereocenters. The van der Waals surface area contributed by atoms with E-state index in [9.17, 15) is 10.0 Å². The minimum absolute atomic E-state index is 0.0340. The Morgan fingerprint density at radius 2 is 1.96 bits per heavy atom. The van der Waals surface area contributed by atoms with Crippen LogP contribution >= 0.6 is 0 Å². The van der Waals surface area contributed by atoms with Crippen molar-refractivity contribution >= 4 is 16.7 Å². The number of nitrogens with zero attached hydrogens (tertiary/aromatic N) is 2. The van der Waals surface area contributed by atoms with Crippen molar-refractivity contribution in [3.05, 3.63) is 59.1 Å². The van der Waals surface area contributed by atoms with Gasteiger partial charge in [0.25, 0.3) is 0 Å². The summed E-state index contributed by atoms with van der Waals surface area (Å²) in [5.41, 5.74) is 2.89. The summed E-state index contributed by atoms with van der Waals surface area (Å²) >= 11 is 0. The number of hydroxylamine groups is 2. The molecule has 6 heteroatoms. The van der Waals surface area contributed by atoms with E-state index in [2.05, 4.69) is 4.98 Å². The highest BCUT2D eigenvalue weighted by atomic mass is 16.7. The maximum absolute atomic E-state index is 12.2. The molecule has 0 radical (unpaired) electrons. The van der Waals surface area contributed by atoms with E-state index >= 15 is 0 Å². The summed E-state index contributed by atoms with van der Waals surface area (Å²) in [6.45, 7) is 0.195. The van der Waals surface area contributed by atoms with Crippen molar-refractivity contribution in [3.8, 4) is 22.6 Å². The third-order valence-electron chi connectivity index (χ3n) is 4.48. The second-order valence-electron chi connectivity index (χ2n) is 5.75. The van der Waals surface area contributed by atoms with Crippen LogP contribution in [0.25, 0.3) is 21.9 Å². The molecule has 5 rings (SSSR count). The fourth-order valence-corrected chi connectivity index (χ4v) is 3.44. The number of aromatic nitrogens is 1. The van der Waals surface area contributed by atoms with Gasteiger partial charge >= 0.3 is 0 Å². The highest BCUT2D eigenvalue weighted by molar-refractivity contribution is 6.11. The fraction of sp³-hybridized carbons (Fsp3) is 0.111. The lowest BCUT2D eigenvalue weighted by Gasteiger charge is -2.20. The Bertz CT molecular complexity index is 1000. The lowest BCUT2D eigenvalue weighted by atomic mass is 9.90. The van der Waals surface area contributed by atoms with E-state index in [-0.39, 0.29) is 13.3 Å². The Labute approximate surface area is 136 Å². The Balaban J connectivity index is 1.95. The van der Waals surface area contributed by atoms with Gasteiger partial charge in [-0.15, -0.1) is 0 Å². The molecular weight excluding hydrogens is 308 g/mol. The van der Waals surface area contributed by atoms with E-state index in [4.69, 9.17) is 9.47 Å². The molecule has 2 aliphatic heterocycles. The second-order valence-corrected chi connectivity index (χ2v) is 5.75. The first-order valence-electron chi connectivity index (χ1n) is 7.51. The first kappa shape index (κ1) is 13.3. The van der Waals surface area contributed by atoms with Gasteiger partial charge in [-0.3, -0.25) is 9.78 Å². The van der Waals surface area contributed by atoms with Crippen molar-refractivity contribution < 1.29 is 14.3 Å². The van der Waals surface area contributed by atoms with Crippen molar-refractivity contribution in [2.75, 3.05) is 6.79 Å². The van der Waals surface area contributed by atoms with Gasteiger partial charge in [0.2, 0.25) is 12.7 Å². The summed E-state index contributed by atoms with van der Waals surface area (Å²) in [5, 5.41) is 14.1. The monoisotopic (exact) mass is 319 g/mol. The first-order chi connectivity index (χ1) is 11.7. The number of benzene rings is 2. The zero-order chi connectivity index (χ0) is 16.3. The van der Waals surface area contributed by atoms with E-state index in [1.165, 1.54) is 0 Å². The Morgan fingerprint density at radius 3 is 2.79 bits per heavy atom. The maximum atomic E-state index is 12.2. The van der Waals surface area contributed by atoms with Crippen LogP contribution in [0.3, 0.4) is 0 Å². The Kier molecular flexibility index (Phi) is 2.60. The van der Waals surface area contributed by atoms with E-state index in [1.54, 1.807) is 18.5 Å². The van der Waals surface area contributed by atoms with Gasteiger partial charge in [0.05, 0.1) is 0 Å². The molecule has 0 fully saturated rings. The maximum Gasteiger partial charge on any atom is 0.243 e. The lowest BCUT2D eigenvalue weighted by molar-refractivity contribution is 0.0842. The highest BCUT2D eigenvalue weighted by Gasteiger charge is 2.29. The number of pyridine rings is 1. The van der Waals surface area contributed by atoms with Crippen LogP contribution in [0.15, 0.2) is 42.7 Å². The Morgan fingerprint density at radius 1 is 1.12 bits per heavy atom. The topological polar surface area (TPSA) is 74.7 Å². The van der Waals surface area contributed by atoms with Gasteiger partial charge in [-0.2, -0.15) is 0 Å². The van der Waals surface area contributed by atoms with Crippen LogP contribution in [0.1, 0.15) is 15.9 Å². The van der Waals surface area contributed by atoms with E-state index < -0.39 is 5.91 Å². The minimum atomic E-state index is -0.500. The SMILES string of the molecule is O=C1c2cc3ccc4c(c3c(-c3ccncc3)c2CN1[O-])OCO4. The summed E-state index contributed by atoms with van der Waals surface area (Å²) in [7, 11) is 0. The van der Waals surface area contributed by atoms with E-state index in [1.807, 2.05) is 24.3 Å². The van der Waals surface area contributed by atoms with Crippen molar-refractivity contribution in [3.63, 3.8) is 0 Å². The molecule has 24 heavy (non-hydrogen) atoms. The van der Waals surface area contributed by atoms with Crippen LogP contribution in [-0.4, -0.2) is 22.7 Å². The molecule has 0 saturated heterocycles. The van der Waals surface area contributed by atoms with E-state index in [0.29, 0.717) is 22.1 Å². The standard InChI is InChI=1S/C18H11N2O4/c21-18-12-7-11-1-2-14-17(24-9-23-14)16(11)15(13(12)8-20(18)22)10-3-5-19-6-4-10/h1-7H,8-9H2/q-1. The molecule has 6 nitrogen and oxygen atoms in total. The van der Waals surface area contributed by atoms with E-state index in [0.717, 1.165) is 27.5 Å².